The smallest absolute Gasteiger partial charge is 0.341 e. The highest BCUT2D eigenvalue weighted by Gasteiger charge is 2.30. The van der Waals surface area contributed by atoms with Crippen LogP contribution in [0.5, 0.6) is 0 Å². The van der Waals surface area contributed by atoms with Gasteiger partial charge in [0.05, 0.1) is 10.5 Å². The summed E-state index contributed by atoms with van der Waals surface area (Å²) in [6, 6.07) is 8.14. The Kier molecular flexibility index (Phi) is 6.69. The molecule has 11 heteroatoms. The van der Waals surface area contributed by atoms with Gasteiger partial charge >= 0.3 is 5.97 Å². The van der Waals surface area contributed by atoms with E-state index in [-0.39, 0.29) is 31.1 Å². The van der Waals surface area contributed by atoms with E-state index in [0.717, 1.165) is 12.1 Å². The molecule has 1 fully saturated rings. The molecule has 0 N–H and O–H groups in total. The van der Waals surface area contributed by atoms with Crippen molar-refractivity contribution in [2.45, 2.75) is 4.90 Å². The van der Waals surface area contributed by atoms with Crippen LogP contribution in [-0.4, -0.2) is 62.3 Å². The van der Waals surface area contributed by atoms with E-state index >= 15 is 0 Å². The van der Waals surface area contributed by atoms with E-state index < -0.39 is 45.7 Å². The molecule has 2 aromatic rings. The summed E-state index contributed by atoms with van der Waals surface area (Å²) in [7, 11) is -3.72. The van der Waals surface area contributed by atoms with Crippen LogP contribution in [0.1, 0.15) is 10.4 Å². The fourth-order valence-electron chi connectivity index (χ4n) is 2.88. The third kappa shape index (κ3) is 4.94. The standard InChI is InChI=1S/C19H17ClF2N2O5S/c20-13-1-4-15(5-2-13)30(27,28)24-9-7-23(8-10-24)18(25)12-29-19(26)16-6-3-14(21)11-17(16)22/h1-6,11H,7-10,12H2. The average molecular weight is 459 g/mol. The van der Waals surface area contributed by atoms with Crippen LogP contribution in [0, 0.1) is 11.6 Å². The maximum Gasteiger partial charge on any atom is 0.341 e. The molecular weight excluding hydrogens is 442 g/mol. The fourth-order valence-corrected chi connectivity index (χ4v) is 4.43. The molecule has 0 unspecified atom stereocenters. The monoisotopic (exact) mass is 458 g/mol. The van der Waals surface area contributed by atoms with E-state index in [1.54, 1.807) is 0 Å². The molecule has 0 bridgehead atoms. The first-order valence-electron chi connectivity index (χ1n) is 8.84. The van der Waals surface area contributed by atoms with Crippen molar-refractivity contribution in [3.63, 3.8) is 0 Å². The Bertz CT molecular complexity index is 1060. The molecule has 0 aliphatic carbocycles. The Labute approximate surface area is 176 Å². The van der Waals surface area contributed by atoms with E-state index in [9.17, 15) is 26.8 Å². The third-order valence-corrected chi connectivity index (χ3v) is 6.69. The number of piperazine rings is 1. The number of sulfonamides is 1. The quantitative estimate of drug-likeness (QED) is 0.642. The number of amides is 1. The Hall–Kier alpha value is -2.56. The molecule has 1 heterocycles. The van der Waals surface area contributed by atoms with Crippen molar-refractivity contribution >= 4 is 33.5 Å². The van der Waals surface area contributed by atoms with Crippen molar-refractivity contribution in [2.75, 3.05) is 32.8 Å². The van der Waals surface area contributed by atoms with Gasteiger partial charge in [0.25, 0.3) is 5.91 Å². The van der Waals surface area contributed by atoms with Crippen LogP contribution < -0.4 is 0 Å². The van der Waals surface area contributed by atoms with Crippen LogP contribution in [0.25, 0.3) is 0 Å². The SMILES string of the molecule is O=C(OCC(=O)N1CCN(S(=O)(=O)c2ccc(Cl)cc2)CC1)c1ccc(F)cc1F. The molecule has 1 aliphatic rings. The van der Waals surface area contributed by atoms with Crippen molar-refractivity contribution in [2.24, 2.45) is 0 Å². The zero-order valence-electron chi connectivity index (χ0n) is 15.6. The van der Waals surface area contributed by atoms with Gasteiger partial charge < -0.3 is 9.64 Å². The molecule has 0 aromatic heterocycles. The molecule has 0 radical (unpaired) electrons. The maximum atomic E-state index is 13.6. The summed E-state index contributed by atoms with van der Waals surface area (Å²) in [6.45, 7) is -0.295. The lowest BCUT2D eigenvalue weighted by Gasteiger charge is -2.33. The molecule has 1 saturated heterocycles. The summed E-state index contributed by atoms with van der Waals surface area (Å²) in [5, 5.41) is 0.416. The average Bonchev–Trinajstić information content (AvgIpc) is 2.72. The molecule has 0 saturated carbocycles. The van der Waals surface area contributed by atoms with Gasteiger partial charge in [-0.15, -0.1) is 0 Å². The third-order valence-electron chi connectivity index (χ3n) is 4.52. The lowest BCUT2D eigenvalue weighted by atomic mass is 10.2. The predicted molar refractivity (Wildman–Crippen MR) is 103 cm³/mol. The Morgan fingerprint density at radius 1 is 1.00 bits per heavy atom. The largest absolute Gasteiger partial charge is 0.452 e. The van der Waals surface area contributed by atoms with Crippen molar-refractivity contribution in [3.05, 3.63) is 64.7 Å². The fraction of sp³-hybridized carbons (Fsp3) is 0.263. The zero-order valence-corrected chi connectivity index (χ0v) is 17.1. The first-order chi connectivity index (χ1) is 14.2. The van der Waals surface area contributed by atoms with Gasteiger partial charge in [0.15, 0.2) is 6.61 Å². The molecule has 0 atom stereocenters. The van der Waals surface area contributed by atoms with Crippen LogP contribution in [0.15, 0.2) is 47.4 Å². The zero-order chi connectivity index (χ0) is 21.9. The number of carbonyl (C=O) groups excluding carboxylic acids is 2. The second-order valence-corrected chi connectivity index (χ2v) is 8.81. The summed E-state index contributed by atoms with van der Waals surface area (Å²) in [5.74, 6) is -3.57. The Morgan fingerprint density at radius 3 is 2.23 bits per heavy atom. The Morgan fingerprint density at radius 2 is 1.63 bits per heavy atom. The van der Waals surface area contributed by atoms with E-state index in [2.05, 4.69) is 0 Å². The predicted octanol–water partition coefficient (Wildman–Crippen LogP) is 2.31. The van der Waals surface area contributed by atoms with Crippen LogP contribution in [-0.2, 0) is 19.6 Å². The minimum atomic E-state index is -3.72. The molecule has 7 nitrogen and oxygen atoms in total. The topological polar surface area (TPSA) is 84.0 Å². The van der Waals surface area contributed by atoms with Gasteiger partial charge in [-0.3, -0.25) is 4.79 Å². The van der Waals surface area contributed by atoms with Gasteiger partial charge in [-0.1, -0.05) is 11.6 Å². The molecule has 2 aromatic carbocycles. The number of hydrogen-bond donors (Lipinski definition) is 0. The van der Waals surface area contributed by atoms with E-state index in [4.69, 9.17) is 16.3 Å². The summed E-state index contributed by atoms with van der Waals surface area (Å²) in [4.78, 5) is 25.6. The minimum Gasteiger partial charge on any atom is -0.452 e. The van der Waals surface area contributed by atoms with Crippen LogP contribution in [0.4, 0.5) is 8.78 Å². The number of rotatable bonds is 5. The van der Waals surface area contributed by atoms with Crippen LogP contribution in [0.3, 0.4) is 0 Å². The van der Waals surface area contributed by atoms with Gasteiger partial charge in [0.2, 0.25) is 10.0 Å². The van der Waals surface area contributed by atoms with Crippen molar-refractivity contribution in [1.29, 1.82) is 0 Å². The number of ether oxygens (including phenoxy) is 1. The van der Waals surface area contributed by atoms with Crippen molar-refractivity contribution in [1.82, 2.24) is 9.21 Å². The summed E-state index contributed by atoms with van der Waals surface area (Å²) < 4.78 is 57.8. The van der Waals surface area contributed by atoms with E-state index in [0.29, 0.717) is 11.1 Å². The van der Waals surface area contributed by atoms with Gasteiger partial charge in [-0.2, -0.15) is 4.31 Å². The van der Waals surface area contributed by atoms with E-state index in [1.165, 1.54) is 33.5 Å². The number of nitrogens with zero attached hydrogens (tertiary/aromatic N) is 2. The molecule has 160 valence electrons. The highest BCUT2D eigenvalue weighted by atomic mass is 35.5. The minimum absolute atomic E-state index is 0.0667. The highest BCUT2D eigenvalue weighted by Crippen LogP contribution is 2.20. The van der Waals surface area contributed by atoms with E-state index in [1.807, 2.05) is 0 Å². The van der Waals surface area contributed by atoms with Gasteiger partial charge in [-0.25, -0.2) is 22.0 Å². The molecule has 1 amide bonds. The summed E-state index contributed by atoms with van der Waals surface area (Å²) in [5.41, 5.74) is -0.483. The molecule has 3 rings (SSSR count). The van der Waals surface area contributed by atoms with Gasteiger partial charge in [-0.05, 0) is 36.4 Å². The van der Waals surface area contributed by atoms with Gasteiger partial charge in [0, 0.05) is 37.3 Å². The maximum absolute atomic E-state index is 13.6. The van der Waals surface area contributed by atoms with Crippen molar-refractivity contribution in [3.8, 4) is 0 Å². The molecular formula is C19H17ClF2N2O5S. The normalized spacial score (nSPS) is 15.1. The first kappa shape index (κ1) is 22.1. The molecule has 0 spiro atoms. The molecule has 1 aliphatic heterocycles. The van der Waals surface area contributed by atoms with Gasteiger partial charge in [0.1, 0.15) is 11.6 Å². The second kappa shape index (κ2) is 9.07. The lowest BCUT2D eigenvalue weighted by molar-refractivity contribution is -0.135. The summed E-state index contributed by atoms with van der Waals surface area (Å²) in [6.07, 6.45) is 0. The lowest BCUT2D eigenvalue weighted by Crippen LogP contribution is -2.51. The number of benzene rings is 2. The number of hydrogen-bond acceptors (Lipinski definition) is 5. The molecule has 30 heavy (non-hydrogen) atoms. The first-order valence-corrected chi connectivity index (χ1v) is 10.7. The number of halogens is 3. The second-order valence-electron chi connectivity index (χ2n) is 6.44. The number of esters is 1. The van der Waals surface area contributed by atoms with Crippen LogP contribution in [0.2, 0.25) is 5.02 Å². The Balaban J connectivity index is 1.54. The highest BCUT2D eigenvalue weighted by molar-refractivity contribution is 7.89. The summed E-state index contributed by atoms with van der Waals surface area (Å²) >= 11 is 5.78. The number of carbonyl (C=O) groups is 2. The van der Waals surface area contributed by atoms with Crippen LogP contribution >= 0.6 is 11.6 Å². The van der Waals surface area contributed by atoms with Crippen molar-refractivity contribution < 1.29 is 31.5 Å².